The first-order valence-corrected chi connectivity index (χ1v) is 2.57. The number of carbonyl (C=O) groups excluding carboxylic acids is 1. The monoisotopic (exact) mass is 120 g/mol. The van der Waals surface area contributed by atoms with Gasteiger partial charge in [-0.1, -0.05) is 0 Å². The number of methoxy groups -OCH3 is 1. The van der Waals surface area contributed by atoms with Crippen LogP contribution in [0.2, 0.25) is 0 Å². The third-order valence-corrected chi connectivity index (χ3v) is 0.798. The number of rotatable bonds is 0. The molecule has 2 nitrogen and oxygen atoms in total. The van der Waals surface area contributed by atoms with Crippen molar-refractivity contribution in [3.05, 3.63) is 0 Å². The van der Waals surface area contributed by atoms with E-state index in [1.807, 2.05) is 20.8 Å². The highest BCUT2D eigenvalue weighted by Gasteiger charge is 2.21. The summed E-state index contributed by atoms with van der Waals surface area (Å²) in [4.78, 5) is 10.6. The maximum absolute atomic E-state index is 10.6. The van der Waals surface area contributed by atoms with E-state index < -0.39 is 0 Å². The van der Waals surface area contributed by atoms with Crippen LogP contribution in [0.3, 0.4) is 0 Å². The second-order valence-corrected chi connectivity index (χ2v) is 2.74. The van der Waals surface area contributed by atoms with E-state index in [9.17, 15) is 4.79 Å². The summed E-state index contributed by atoms with van der Waals surface area (Å²) in [5.41, 5.74) is -0.352. The molecule has 0 unspecified atom stereocenters. The molecule has 0 atom stereocenters. The standard InChI is InChI=1S/C6H12O2/c1-6(2,3)5(7)8-4/h1-4H3/i7+2,8+2. The van der Waals surface area contributed by atoms with E-state index in [2.05, 4.69) is 4.74 Å². The summed E-state index contributed by atoms with van der Waals surface area (Å²) in [5, 5.41) is 0. The summed E-state index contributed by atoms with van der Waals surface area (Å²) in [6.07, 6.45) is 0. The first kappa shape index (κ1) is 7.47. The molecule has 0 aliphatic rings. The van der Waals surface area contributed by atoms with E-state index in [-0.39, 0.29) is 11.4 Å². The Bertz CT molecular complexity index is 89.2. The predicted octanol–water partition coefficient (Wildman–Crippen LogP) is 1.21. The normalized spacial score (nSPS) is 11.0. The second-order valence-electron chi connectivity index (χ2n) is 2.74. The molecule has 0 aromatic heterocycles. The molecule has 0 aliphatic carbocycles. The van der Waals surface area contributed by atoms with Crippen molar-refractivity contribution in [2.45, 2.75) is 20.8 Å². The van der Waals surface area contributed by atoms with Crippen molar-refractivity contribution < 1.29 is 9.53 Å². The average Bonchev–Trinajstić information content (AvgIpc) is 1.62. The Balaban J connectivity index is 3.82. The zero-order valence-electron chi connectivity index (χ0n) is 5.82. The van der Waals surface area contributed by atoms with Gasteiger partial charge in [0.2, 0.25) is 0 Å². The van der Waals surface area contributed by atoms with E-state index in [0.717, 1.165) is 0 Å². The van der Waals surface area contributed by atoms with Crippen LogP contribution in [0.15, 0.2) is 0 Å². The Morgan fingerprint density at radius 3 is 1.75 bits per heavy atom. The highest BCUT2D eigenvalue weighted by atomic mass is 18.4. The summed E-state index contributed by atoms with van der Waals surface area (Å²) in [7, 11) is 1.40. The van der Waals surface area contributed by atoms with Crippen LogP contribution in [-0.4, -0.2) is 13.1 Å². The average molecular weight is 120 g/mol. The van der Waals surface area contributed by atoms with Gasteiger partial charge in [-0.05, 0) is 20.8 Å². The topological polar surface area (TPSA) is 26.3 Å². The predicted molar refractivity (Wildman–Crippen MR) is 31.5 cm³/mol. The van der Waals surface area contributed by atoms with Gasteiger partial charge in [0.05, 0.1) is 12.5 Å². The third kappa shape index (κ3) is 1.96. The molecule has 0 heterocycles. The van der Waals surface area contributed by atoms with Crippen molar-refractivity contribution in [2.24, 2.45) is 5.41 Å². The number of carbonyl (C=O) groups is 1. The van der Waals surface area contributed by atoms with E-state index in [1.165, 1.54) is 7.11 Å². The first-order valence-electron chi connectivity index (χ1n) is 2.57. The Kier molecular flexibility index (Phi) is 2.02. The van der Waals surface area contributed by atoms with Crippen LogP contribution in [0, 0.1) is 5.41 Å². The molecular weight excluding hydrogens is 108 g/mol. The fraction of sp³-hybridized carbons (Fsp3) is 0.833. The Labute approximate surface area is 49.8 Å². The lowest BCUT2D eigenvalue weighted by molar-refractivity contribution is -0.149. The van der Waals surface area contributed by atoms with Crippen molar-refractivity contribution in [1.29, 1.82) is 0 Å². The lowest BCUT2D eigenvalue weighted by atomic mass is 9.99. The Hall–Kier alpha value is -0.530. The SMILES string of the molecule is C[18O]C(=[18O])C(C)(C)C. The molecule has 0 aromatic rings. The van der Waals surface area contributed by atoms with Crippen LogP contribution >= 0.6 is 0 Å². The molecule has 0 fully saturated rings. The van der Waals surface area contributed by atoms with Crippen molar-refractivity contribution in [3.63, 3.8) is 0 Å². The lowest BCUT2D eigenvalue weighted by Gasteiger charge is -2.13. The zero-order valence-corrected chi connectivity index (χ0v) is 5.82. The molecule has 2 heteroatoms. The maximum atomic E-state index is 10.6. The quantitative estimate of drug-likeness (QED) is 0.354. The minimum Gasteiger partial charge on any atom is -0.469 e. The zero-order chi connectivity index (χ0) is 6.78. The van der Waals surface area contributed by atoms with Crippen molar-refractivity contribution in [2.75, 3.05) is 7.11 Å². The van der Waals surface area contributed by atoms with Gasteiger partial charge in [0, 0.05) is 0 Å². The van der Waals surface area contributed by atoms with Crippen LogP contribution in [0.25, 0.3) is 0 Å². The molecular formula is C6H12O2. The number of esters is 1. The van der Waals surface area contributed by atoms with Gasteiger partial charge in [0.15, 0.2) is 0 Å². The van der Waals surface area contributed by atoms with Gasteiger partial charge < -0.3 is 4.74 Å². The Morgan fingerprint density at radius 2 is 1.75 bits per heavy atom. The van der Waals surface area contributed by atoms with E-state index in [1.54, 1.807) is 0 Å². The molecule has 0 rings (SSSR count). The minimum atomic E-state index is -0.352. The molecule has 0 amide bonds. The van der Waals surface area contributed by atoms with Gasteiger partial charge >= 0.3 is 5.97 Å². The summed E-state index contributed by atoms with van der Waals surface area (Å²) in [5.74, 6) is -0.169. The van der Waals surface area contributed by atoms with Crippen LogP contribution < -0.4 is 0 Å². The number of hydrogen-bond acceptors (Lipinski definition) is 2. The fourth-order valence-corrected chi connectivity index (χ4v) is 0.306. The maximum Gasteiger partial charge on any atom is 0.310 e. The van der Waals surface area contributed by atoms with E-state index in [0.29, 0.717) is 0 Å². The largest absolute Gasteiger partial charge is 0.469 e. The third-order valence-electron chi connectivity index (χ3n) is 0.798. The van der Waals surface area contributed by atoms with Crippen LogP contribution in [0.5, 0.6) is 0 Å². The molecule has 0 aromatic carbocycles. The van der Waals surface area contributed by atoms with Crippen molar-refractivity contribution >= 4 is 5.97 Å². The van der Waals surface area contributed by atoms with Gasteiger partial charge in [-0.15, -0.1) is 0 Å². The molecule has 8 heavy (non-hydrogen) atoms. The van der Waals surface area contributed by atoms with Crippen molar-refractivity contribution in [1.82, 2.24) is 0 Å². The second kappa shape index (κ2) is 2.16. The van der Waals surface area contributed by atoms with Gasteiger partial charge in [-0.25, -0.2) is 0 Å². The smallest absolute Gasteiger partial charge is 0.310 e. The molecule has 0 saturated carbocycles. The molecule has 0 spiro atoms. The highest BCUT2D eigenvalue weighted by molar-refractivity contribution is 5.75. The summed E-state index contributed by atoms with van der Waals surface area (Å²) in [6, 6.07) is 0. The number of ether oxygens (including phenoxy) is 1. The van der Waals surface area contributed by atoms with Gasteiger partial charge in [0.1, 0.15) is 0 Å². The first-order chi connectivity index (χ1) is 3.48. The van der Waals surface area contributed by atoms with Gasteiger partial charge in [-0.3, -0.25) is 4.79 Å². The Morgan fingerprint density at radius 1 is 1.38 bits per heavy atom. The molecule has 0 N–H and O–H groups in total. The van der Waals surface area contributed by atoms with E-state index >= 15 is 0 Å². The van der Waals surface area contributed by atoms with Crippen LogP contribution in [0.1, 0.15) is 20.8 Å². The summed E-state index contributed by atoms with van der Waals surface area (Å²) in [6.45, 7) is 5.45. The molecule has 48 valence electrons. The van der Waals surface area contributed by atoms with Crippen molar-refractivity contribution in [3.8, 4) is 0 Å². The molecule has 0 bridgehead atoms. The minimum absolute atomic E-state index is 0.169. The van der Waals surface area contributed by atoms with Gasteiger partial charge in [0.25, 0.3) is 0 Å². The summed E-state index contributed by atoms with van der Waals surface area (Å²) >= 11 is 0. The van der Waals surface area contributed by atoms with Crippen LogP contribution in [0.4, 0.5) is 0 Å². The highest BCUT2D eigenvalue weighted by Crippen LogP contribution is 2.13. The van der Waals surface area contributed by atoms with Gasteiger partial charge in [-0.2, -0.15) is 0 Å². The van der Waals surface area contributed by atoms with E-state index in [4.69, 9.17) is 0 Å². The summed E-state index contributed by atoms with van der Waals surface area (Å²) < 4.78 is 4.48. The lowest BCUT2D eigenvalue weighted by Crippen LogP contribution is -2.21. The molecule has 0 saturated heterocycles. The number of hydrogen-bond donors (Lipinski definition) is 0. The van der Waals surface area contributed by atoms with Crippen LogP contribution in [-0.2, 0) is 9.53 Å². The molecule has 0 aliphatic heterocycles. The molecule has 0 radical (unpaired) electrons. The fourth-order valence-electron chi connectivity index (χ4n) is 0.306.